The molecule has 1 aliphatic rings. The van der Waals surface area contributed by atoms with Gasteiger partial charge in [0.25, 0.3) is 0 Å². The Balaban J connectivity index is 1.79. The lowest BCUT2D eigenvalue weighted by Gasteiger charge is -2.21. The maximum Gasteiger partial charge on any atom is 0.224 e. The van der Waals surface area contributed by atoms with Gasteiger partial charge in [-0.1, -0.05) is 15.9 Å². The van der Waals surface area contributed by atoms with Crippen LogP contribution in [0.3, 0.4) is 0 Å². The molecule has 1 aromatic carbocycles. The van der Waals surface area contributed by atoms with Crippen molar-refractivity contribution in [1.82, 2.24) is 10.6 Å². The van der Waals surface area contributed by atoms with Crippen LogP contribution in [0.5, 0.6) is 0 Å². The molecule has 1 aliphatic heterocycles. The molecule has 0 aromatic heterocycles. The third-order valence-electron chi connectivity index (χ3n) is 3.37. The standard InChI is InChI=1S/C14H18BrFN2O/c15-12-3-4-13(16)10(8-12)5-7-18-14(19)11-2-1-6-17-9-11/h3-4,8,11,17H,1-2,5-7,9H2,(H,18,19). The summed E-state index contributed by atoms with van der Waals surface area (Å²) in [6.45, 7) is 2.22. The molecule has 0 aliphatic carbocycles. The molecule has 1 amide bonds. The van der Waals surface area contributed by atoms with E-state index >= 15 is 0 Å². The van der Waals surface area contributed by atoms with Crippen molar-refractivity contribution < 1.29 is 9.18 Å². The molecule has 19 heavy (non-hydrogen) atoms. The van der Waals surface area contributed by atoms with E-state index in [0.717, 1.165) is 30.4 Å². The number of nitrogens with one attached hydrogen (secondary N) is 2. The Morgan fingerprint density at radius 1 is 1.53 bits per heavy atom. The second-order valence-corrected chi connectivity index (χ2v) is 5.74. The number of amides is 1. The zero-order valence-corrected chi connectivity index (χ0v) is 12.3. The van der Waals surface area contributed by atoms with Gasteiger partial charge in [0.1, 0.15) is 5.82 Å². The first-order valence-corrected chi connectivity index (χ1v) is 7.38. The first-order valence-electron chi connectivity index (χ1n) is 6.59. The summed E-state index contributed by atoms with van der Waals surface area (Å²) in [6, 6.07) is 4.86. The predicted octanol–water partition coefficient (Wildman–Crippen LogP) is 2.25. The Labute approximate surface area is 121 Å². The number of piperidine rings is 1. The van der Waals surface area contributed by atoms with Crippen LogP contribution in [0.1, 0.15) is 18.4 Å². The number of hydrogen-bond donors (Lipinski definition) is 2. The van der Waals surface area contributed by atoms with Crippen molar-refractivity contribution in [3.05, 3.63) is 34.1 Å². The van der Waals surface area contributed by atoms with Crippen LogP contribution in [0, 0.1) is 11.7 Å². The molecule has 104 valence electrons. The predicted molar refractivity (Wildman–Crippen MR) is 76.4 cm³/mol. The second kappa shape index (κ2) is 7.01. The van der Waals surface area contributed by atoms with Crippen LogP contribution in [0.15, 0.2) is 22.7 Å². The topological polar surface area (TPSA) is 41.1 Å². The van der Waals surface area contributed by atoms with E-state index in [1.54, 1.807) is 12.1 Å². The van der Waals surface area contributed by atoms with E-state index < -0.39 is 0 Å². The average Bonchev–Trinajstić information content (AvgIpc) is 2.43. The summed E-state index contributed by atoms with van der Waals surface area (Å²) in [5.74, 6) is -0.0968. The number of hydrogen-bond acceptors (Lipinski definition) is 2. The van der Waals surface area contributed by atoms with Crippen LogP contribution in [-0.4, -0.2) is 25.5 Å². The van der Waals surface area contributed by atoms with Gasteiger partial charge in [0, 0.05) is 17.6 Å². The van der Waals surface area contributed by atoms with Gasteiger partial charge in [0.05, 0.1) is 5.92 Å². The van der Waals surface area contributed by atoms with Gasteiger partial charge in [-0.25, -0.2) is 4.39 Å². The summed E-state index contributed by atoms with van der Waals surface area (Å²) in [7, 11) is 0. The van der Waals surface area contributed by atoms with Gasteiger partial charge in [-0.3, -0.25) is 4.79 Å². The van der Waals surface area contributed by atoms with E-state index in [0.29, 0.717) is 18.5 Å². The number of carbonyl (C=O) groups excluding carboxylic acids is 1. The molecule has 1 heterocycles. The molecular weight excluding hydrogens is 311 g/mol. The molecular formula is C14H18BrFN2O. The lowest BCUT2D eigenvalue weighted by atomic mass is 9.99. The minimum atomic E-state index is -0.225. The summed E-state index contributed by atoms with van der Waals surface area (Å²) in [4.78, 5) is 11.9. The van der Waals surface area contributed by atoms with Crippen LogP contribution in [-0.2, 0) is 11.2 Å². The summed E-state index contributed by atoms with van der Waals surface area (Å²) < 4.78 is 14.4. The van der Waals surface area contributed by atoms with Crippen molar-refractivity contribution in [2.24, 2.45) is 5.92 Å². The zero-order valence-electron chi connectivity index (χ0n) is 10.7. The molecule has 1 atom stereocenters. The molecule has 5 heteroatoms. The minimum absolute atomic E-state index is 0.0566. The van der Waals surface area contributed by atoms with Crippen LogP contribution in [0.2, 0.25) is 0 Å². The number of carbonyl (C=O) groups is 1. The Morgan fingerprint density at radius 3 is 3.11 bits per heavy atom. The Kier molecular flexibility index (Phi) is 5.34. The van der Waals surface area contributed by atoms with E-state index in [9.17, 15) is 9.18 Å². The van der Waals surface area contributed by atoms with Crippen molar-refractivity contribution in [2.75, 3.05) is 19.6 Å². The Bertz CT molecular complexity index is 447. The molecule has 0 bridgehead atoms. The first-order chi connectivity index (χ1) is 9.16. The molecule has 1 unspecified atom stereocenters. The molecule has 2 rings (SSSR count). The summed E-state index contributed by atoms with van der Waals surface area (Å²) in [5.41, 5.74) is 0.622. The van der Waals surface area contributed by atoms with E-state index in [4.69, 9.17) is 0 Å². The van der Waals surface area contributed by atoms with Gasteiger partial charge in [0.15, 0.2) is 0 Å². The van der Waals surface area contributed by atoms with E-state index in [-0.39, 0.29) is 17.6 Å². The van der Waals surface area contributed by atoms with Crippen LogP contribution >= 0.6 is 15.9 Å². The number of rotatable bonds is 4. The Morgan fingerprint density at radius 2 is 2.37 bits per heavy atom. The summed E-state index contributed by atoms with van der Waals surface area (Å²) >= 11 is 3.32. The quantitative estimate of drug-likeness (QED) is 0.890. The molecule has 3 nitrogen and oxygen atoms in total. The molecule has 0 saturated carbocycles. The van der Waals surface area contributed by atoms with Gasteiger partial charge < -0.3 is 10.6 Å². The van der Waals surface area contributed by atoms with Gasteiger partial charge in [-0.15, -0.1) is 0 Å². The van der Waals surface area contributed by atoms with E-state index in [1.807, 2.05) is 0 Å². The SMILES string of the molecule is O=C(NCCc1cc(Br)ccc1F)C1CCCNC1. The normalized spacial score (nSPS) is 19.2. The Hall–Kier alpha value is -0.940. The van der Waals surface area contributed by atoms with Gasteiger partial charge in [0.2, 0.25) is 5.91 Å². The van der Waals surface area contributed by atoms with Crippen LogP contribution < -0.4 is 10.6 Å². The monoisotopic (exact) mass is 328 g/mol. The molecule has 1 aromatic rings. The maximum atomic E-state index is 13.5. The largest absolute Gasteiger partial charge is 0.355 e. The van der Waals surface area contributed by atoms with E-state index in [2.05, 4.69) is 26.6 Å². The third-order valence-corrected chi connectivity index (χ3v) is 3.86. The second-order valence-electron chi connectivity index (χ2n) is 4.82. The van der Waals surface area contributed by atoms with Crippen LogP contribution in [0.25, 0.3) is 0 Å². The lowest BCUT2D eigenvalue weighted by molar-refractivity contribution is -0.125. The molecule has 0 spiro atoms. The fourth-order valence-electron chi connectivity index (χ4n) is 2.28. The van der Waals surface area contributed by atoms with Crippen molar-refractivity contribution in [1.29, 1.82) is 0 Å². The molecule has 0 radical (unpaired) electrons. The van der Waals surface area contributed by atoms with Crippen molar-refractivity contribution in [3.8, 4) is 0 Å². The van der Waals surface area contributed by atoms with Crippen molar-refractivity contribution in [2.45, 2.75) is 19.3 Å². The fourth-order valence-corrected chi connectivity index (χ4v) is 2.68. The van der Waals surface area contributed by atoms with Gasteiger partial charge in [-0.05, 0) is 49.6 Å². The summed E-state index contributed by atoms with van der Waals surface area (Å²) in [5, 5.41) is 6.10. The first kappa shape index (κ1) is 14.5. The van der Waals surface area contributed by atoms with Gasteiger partial charge in [-0.2, -0.15) is 0 Å². The minimum Gasteiger partial charge on any atom is -0.355 e. The molecule has 1 saturated heterocycles. The average molecular weight is 329 g/mol. The summed E-state index contributed by atoms with van der Waals surface area (Å²) in [6.07, 6.45) is 2.49. The maximum absolute atomic E-state index is 13.5. The number of halogens is 2. The van der Waals surface area contributed by atoms with Gasteiger partial charge >= 0.3 is 0 Å². The fraction of sp³-hybridized carbons (Fsp3) is 0.500. The highest BCUT2D eigenvalue weighted by Crippen LogP contribution is 2.16. The third kappa shape index (κ3) is 4.28. The highest BCUT2D eigenvalue weighted by atomic mass is 79.9. The highest BCUT2D eigenvalue weighted by Gasteiger charge is 2.20. The smallest absolute Gasteiger partial charge is 0.224 e. The van der Waals surface area contributed by atoms with Crippen molar-refractivity contribution >= 4 is 21.8 Å². The van der Waals surface area contributed by atoms with E-state index in [1.165, 1.54) is 6.07 Å². The molecule has 2 N–H and O–H groups in total. The number of benzene rings is 1. The molecule has 1 fully saturated rings. The highest BCUT2D eigenvalue weighted by molar-refractivity contribution is 9.10. The lowest BCUT2D eigenvalue weighted by Crippen LogP contribution is -2.41. The van der Waals surface area contributed by atoms with Crippen molar-refractivity contribution in [3.63, 3.8) is 0 Å². The zero-order chi connectivity index (χ0) is 13.7. The van der Waals surface area contributed by atoms with Crippen LogP contribution in [0.4, 0.5) is 4.39 Å².